The average molecular weight is 502 g/mol. The van der Waals surface area contributed by atoms with E-state index in [4.69, 9.17) is 9.47 Å². The molecule has 0 N–H and O–H groups in total. The number of non-ortho nitro benzene ring substituents is 1. The highest BCUT2D eigenvalue weighted by molar-refractivity contribution is 6.09. The number of rotatable bonds is 5. The van der Waals surface area contributed by atoms with Crippen molar-refractivity contribution in [3.05, 3.63) is 115 Å². The first-order valence-electron chi connectivity index (χ1n) is 11.8. The number of hydrogen-bond acceptors (Lipinski definition) is 6. The van der Waals surface area contributed by atoms with E-state index in [2.05, 4.69) is 26.8 Å². The van der Waals surface area contributed by atoms with Gasteiger partial charge in [-0.15, -0.1) is 0 Å². The van der Waals surface area contributed by atoms with E-state index in [1.807, 2.05) is 32.1 Å². The van der Waals surface area contributed by atoms with Crippen LogP contribution in [-0.4, -0.2) is 31.1 Å². The first-order valence-corrected chi connectivity index (χ1v) is 11.8. The molecule has 0 unspecified atom stereocenters. The van der Waals surface area contributed by atoms with Gasteiger partial charge < -0.3 is 9.47 Å². The van der Waals surface area contributed by atoms with Gasteiger partial charge in [-0.3, -0.25) is 10.1 Å². The Morgan fingerprint density at radius 3 is 2.05 bits per heavy atom. The molecule has 0 atom stereocenters. The van der Waals surface area contributed by atoms with Crippen LogP contribution in [-0.2, 0) is 19.1 Å². The molecule has 0 spiro atoms. The van der Waals surface area contributed by atoms with E-state index in [9.17, 15) is 19.7 Å². The lowest BCUT2D eigenvalue weighted by Gasteiger charge is -2.21. The Hall–Kier alpha value is -4.26. The molecule has 0 fully saturated rings. The molecule has 7 heteroatoms. The number of nitro groups is 1. The number of fused-ring (bicyclic) bond motifs is 1. The fourth-order valence-electron chi connectivity index (χ4n) is 4.27. The average Bonchev–Trinajstić information content (AvgIpc) is 3.10. The molecule has 0 bridgehead atoms. The van der Waals surface area contributed by atoms with Crippen molar-refractivity contribution >= 4 is 23.7 Å². The molecule has 0 saturated carbocycles. The molecule has 7 nitrogen and oxygen atoms in total. The summed E-state index contributed by atoms with van der Waals surface area (Å²) in [6.07, 6.45) is 11.2. The van der Waals surface area contributed by atoms with Gasteiger partial charge in [0.2, 0.25) is 0 Å². The van der Waals surface area contributed by atoms with Crippen molar-refractivity contribution in [2.75, 3.05) is 14.2 Å². The van der Waals surface area contributed by atoms with Crippen LogP contribution in [0.1, 0.15) is 40.2 Å². The lowest BCUT2D eigenvalue weighted by atomic mass is 9.83. The van der Waals surface area contributed by atoms with Crippen LogP contribution in [0, 0.1) is 15.5 Å². The van der Waals surface area contributed by atoms with E-state index >= 15 is 0 Å². The Morgan fingerprint density at radius 2 is 1.51 bits per heavy atom. The van der Waals surface area contributed by atoms with E-state index in [1.165, 1.54) is 26.4 Å². The molecule has 2 aliphatic carbocycles. The number of allylic oxidation sites excluding steroid dienone is 11. The van der Waals surface area contributed by atoms with Crippen LogP contribution in [0.5, 0.6) is 0 Å². The van der Waals surface area contributed by atoms with Gasteiger partial charge in [0.05, 0.1) is 30.3 Å². The zero-order chi connectivity index (χ0) is 27.5. The Balaban J connectivity index is 2.38. The topological polar surface area (TPSA) is 95.7 Å². The second kappa shape index (κ2) is 10.8. The Bertz CT molecular complexity index is 1370. The minimum Gasteiger partial charge on any atom is -0.465 e. The largest absolute Gasteiger partial charge is 0.465 e. The van der Waals surface area contributed by atoms with E-state index in [1.54, 1.807) is 24.3 Å². The standard InChI is InChI=1S/C30H31NO6/c1-18-8-15-24(28(32)36-6)27(29(33)37-7)26-21(12-9-20-10-13-23(14-11-20)31(34)35)17-22(30(3,4)5)16-19(2)25(18)26/h8-17H,1-7H3/b12-9+. The maximum Gasteiger partial charge on any atom is 0.339 e. The molecule has 2 aliphatic rings. The molecular weight excluding hydrogens is 470 g/mol. The quantitative estimate of drug-likeness (QED) is 0.264. The SMILES string of the molecule is COC(=O)C1=CC=C(C)C2=C(C)C=C(C(C)(C)C)C=C(/C=C/c3ccc([N+](=O)[O-])cc3)C2=C1C(=O)OC. The summed E-state index contributed by atoms with van der Waals surface area (Å²) in [6.45, 7) is 10.2. The number of methoxy groups -OCH3 is 2. The van der Waals surface area contributed by atoms with Crippen molar-refractivity contribution < 1.29 is 24.0 Å². The molecule has 0 aliphatic heterocycles. The third kappa shape index (κ3) is 5.77. The highest BCUT2D eigenvalue weighted by Gasteiger charge is 2.33. The molecule has 0 radical (unpaired) electrons. The summed E-state index contributed by atoms with van der Waals surface area (Å²) >= 11 is 0. The van der Waals surface area contributed by atoms with Crippen molar-refractivity contribution in [3.63, 3.8) is 0 Å². The van der Waals surface area contributed by atoms with E-state index < -0.39 is 16.9 Å². The number of esters is 2. The van der Waals surface area contributed by atoms with E-state index in [-0.39, 0.29) is 22.2 Å². The molecule has 3 rings (SSSR count). The Kier molecular flexibility index (Phi) is 7.96. The smallest absolute Gasteiger partial charge is 0.339 e. The Morgan fingerprint density at radius 1 is 0.892 bits per heavy atom. The molecule has 0 heterocycles. The highest BCUT2D eigenvalue weighted by atomic mass is 16.6. The monoisotopic (exact) mass is 501 g/mol. The van der Waals surface area contributed by atoms with E-state index in [0.29, 0.717) is 11.1 Å². The van der Waals surface area contributed by atoms with E-state index in [0.717, 1.165) is 27.9 Å². The summed E-state index contributed by atoms with van der Waals surface area (Å²) < 4.78 is 10.2. The van der Waals surface area contributed by atoms with Crippen molar-refractivity contribution in [1.82, 2.24) is 0 Å². The molecule has 0 aromatic heterocycles. The molecule has 192 valence electrons. The van der Waals surface area contributed by atoms with Gasteiger partial charge in [-0.1, -0.05) is 51.2 Å². The Labute approximate surface area is 217 Å². The fourth-order valence-corrected chi connectivity index (χ4v) is 4.27. The van der Waals surface area contributed by atoms with Gasteiger partial charge in [0.15, 0.2) is 0 Å². The number of hydrogen-bond donors (Lipinski definition) is 0. The number of benzene rings is 1. The van der Waals surface area contributed by atoms with Gasteiger partial charge in [-0.25, -0.2) is 9.59 Å². The highest BCUT2D eigenvalue weighted by Crippen LogP contribution is 2.42. The van der Waals surface area contributed by atoms with Crippen LogP contribution in [0.25, 0.3) is 6.08 Å². The van der Waals surface area contributed by atoms with Crippen LogP contribution in [0.15, 0.2) is 99.2 Å². The van der Waals surface area contributed by atoms with Crippen molar-refractivity contribution in [1.29, 1.82) is 0 Å². The zero-order valence-electron chi connectivity index (χ0n) is 22.2. The van der Waals surface area contributed by atoms with Crippen LogP contribution in [0.4, 0.5) is 5.69 Å². The summed E-state index contributed by atoms with van der Waals surface area (Å²) in [6, 6.07) is 6.18. The van der Waals surface area contributed by atoms with Crippen LogP contribution < -0.4 is 0 Å². The summed E-state index contributed by atoms with van der Waals surface area (Å²) in [5.74, 6) is -1.31. The molecule has 1 aromatic rings. The third-order valence-corrected chi connectivity index (χ3v) is 6.25. The number of nitrogens with zero attached hydrogens (tertiary/aromatic N) is 1. The van der Waals surface area contributed by atoms with Gasteiger partial charge in [0.1, 0.15) is 0 Å². The lowest BCUT2D eigenvalue weighted by molar-refractivity contribution is -0.384. The van der Waals surface area contributed by atoms with Crippen LogP contribution in [0.2, 0.25) is 0 Å². The van der Waals surface area contributed by atoms with Gasteiger partial charge in [-0.2, -0.15) is 0 Å². The first-order chi connectivity index (χ1) is 17.4. The molecular formula is C30H31NO6. The fraction of sp³-hybridized carbons (Fsp3) is 0.267. The maximum atomic E-state index is 13.2. The summed E-state index contributed by atoms with van der Waals surface area (Å²) in [7, 11) is 2.54. The second-order valence-electron chi connectivity index (χ2n) is 9.85. The summed E-state index contributed by atoms with van der Waals surface area (Å²) in [5.41, 5.74) is 5.62. The van der Waals surface area contributed by atoms with Gasteiger partial charge in [0, 0.05) is 17.7 Å². The molecule has 0 amide bonds. The number of ether oxygens (including phenoxy) is 2. The van der Waals surface area contributed by atoms with Crippen molar-refractivity contribution in [2.45, 2.75) is 34.6 Å². The minimum absolute atomic E-state index is 0.00213. The maximum absolute atomic E-state index is 13.2. The van der Waals surface area contributed by atoms with Gasteiger partial charge in [0.25, 0.3) is 5.69 Å². The third-order valence-electron chi connectivity index (χ3n) is 6.25. The molecule has 0 saturated heterocycles. The molecule has 37 heavy (non-hydrogen) atoms. The number of carbonyl (C=O) groups is 2. The predicted molar refractivity (Wildman–Crippen MR) is 143 cm³/mol. The zero-order valence-corrected chi connectivity index (χ0v) is 22.2. The van der Waals surface area contributed by atoms with Crippen molar-refractivity contribution in [3.8, 4) is 0 Å². The molecule has 1 aromatic carbocycles. The predicted octanol–water partition coefficient (Wildman–Crippen LogP) is 6.37. The first kappa shape index (κ1) is 27.3. The van der Waals surface area contributed by atoms with Gasteiger partial charge in [-0.05, 0) is 70.9 Å². The normalized spacial score (nSPS) is 16.2. The van der Waals surface area contributed by atoms with Gasteiger partial charge >= 0.3 is 11.9 Å². The van der Waals surface area contributed by atoms with Crippen LogP contribution >= 0.6 is 0 Å². The number of carbonyl (C=O) groups excluding carboxylic acids is 2. The second-order valence-corrected chi connectivity index (χ2v) is 9.85. The number of nitro benzene ring substituents is 1. The minimum atomic E-state index is -0.658. The van der Waals surface area contributed by atoms with Crippen LogP contribution in [0.3, 0.4) is 0 Å². The lowest BCUT2D eigenvalue weighted by Crippen LogP contribution is -2.18. The summed E-state index contributed by atoms with van der Waals surface area (Å²) in [4.78, 5) is 36.6. The summed E-state index contributed by atoms with van der Waals surface area (Å²) in [5, 5.41) is 11.0. The van der Waals surface area contributed by atoms with Crippen molar-refractivity contribution in [2.24, 2.45) is 5.41 Å².